The van der Waals surface area contributed by atoms with Gasteiger partial charge in [0, 0.05) is 5.57 Å². The van der Waals surface area contributed by atoms with Gasteiger partial charge < -0.3 is 0 Å². The van der Waals surface area contributed by atoms with E-state index in [1.54, 1.807) is 0 Å². The van der Waals surface area contributed by atoms with Gasteiger partial charge in [0.05, 0.1) is 0 Å². The van der Waals surface area contributed by atoms with Crippen LogP contribution in [0.2, 0.25) is 0 Å². The Bertz CT molecular complexity index is 208. The fourth-order valence-corrected chi connectivity index (χ4v) is 0.276. The summed E-state index contributed by atoms with van der Waals surface area (Å²) in [5.41, 5.74) is 4.55. The van der Waals surface area contributed by atoms with Crippen LogP contribution in [-0.4, -0.2) is 11.8 Å². The summed E-state index contributed by atoms with van der Waals surface area (Å²) in [6.45, 7) is 8.10. The van der Waals surface area contributed by atoms with Crippen LogP contribution >= 0.6 is 0 Å². The average molecular weight is 154 g/mol. The zero-order chi connectivity index (χ0) is 8.85. The van der Waals surface area contributed by atoms with Gasteiger partial charge in [0.25, 0.3) is 11.8 Å². The van der Waals surface area contributed by atoms with Crippen LogP contribution < -0.4 is 10.9 Å². The molecule has 0 saturated heterocycles. The molecule has 0 aliphatic heterocycles. The standard InChI is InChI=1S/C7H10N2O2/c1-4-6(10)8-9-7(11)5(2)3/h4H,1-2H2,3H3,(H,8,10)(H,9,11). The average Bonchev–Trinajstić information content (AvgIpc) is 1.99. The first-order valence-electron chi connectivity index (χ1n) is 2.96. The molecule has 0 radical (unpaired) electrons. The Morgan fingerprint density at radius 1 is 1.36 bits per heavy atom. The second-order valence-electron chi connectivity index (χ2n) is 1.93. The van der Waals surface area contributed by atoms with Crippen molar-refractivity contribution in [3.8, 4) is 0 Å². The third kappa shape index (κ3) is 3.91. The Morgan fingerprint density at radius 2 is 1.91 bits per heavy atom. The topological polar surface area (TPSA) is 58.2 Å². The van der Waals surface area contributed by atoms with Gasteiger partial charge in [-0.2, -0.15) is 0 Å². The highest BCUT2D eigenvalue weighted by Crippen LogP contribution is 1.82. The maximum absolute atomic E-state index is 10.7. The normalized spacial score (nSPS) is 8.09. The molecule has 0 unspecified atom stereocenters. The molecular weight excluding hydrogens is 144 g/mol. The minimum atomic E-state index is -0.459. The lowest BCUT2D eigenvalue weighted by Crippen LogP contribution is -2.40. The summed E-state index contributed by atoms with van der Waals surface area (Å²) in [4.78, 5) is 21.2. The van der Waals surface area contributed by atoms with Crippen molar-refractivity contribution >= 4 is 11.8 Å². The Kier molecular flexibility index (Phi) is 3.66. The molecule has 60 valence electrons. The Labute approximate surface area is 64.9 Å². The largest absolute Gasteiger partial charge is 0.268 e. The molecule has 0 aromatic carbocycles. The minimum absolute atomic E-state index is 0.328. The molecule has 0 atom stereocenters. The molecule has 0 spiro atoms. The van der Waals surface area contributed by atoms with Crippen molar-refractivity contribution in [3.05, 3.63) is 24.8 Å². The third-order valence-corrected chi connectivity index (χ3v) is 0.872. The van der Waals surface area contributed by atoms with E-state index < -0.39 is 11.8 Å². The number of hydrogen-bond donors (Lipinski definition) is 2. The maximum Gasteiger partial charge on any atom is 0.264 e. The summed E-state index contributed by atoms with van der Waals surface area (Å²) in [6.07, 6.45) is 1.05. The van der Waals surface area contributed by atoms with Crippen LogP contribution in [0, 0.1) is 0 Å². The highest BCUT2D eigenvalue weighted by atomic mass is 16.2. The van der Waals surface area contributed by atoms with Gasteiger partial charge in [-0.3, -0.25) is 20.4 Å². The van der Waals surface area contributed by atoms with E-state index in [-0.39, 0.29) is 0 Å². The lowest BCUT2D eigenvalue weighted by molar-refractivity contribution is -0.124. The number of amides is 2. The van der Waals surface area contributed by atoms with Crippen LogP contribution in [0.25, 0.3) is 0 Å². The first-order valence-corrected chi connectivity index (χ1v) is 2.96. The number of rotatable bonds is 2. The van der Waals surface area contributed by atoms with Crippen LogP contribution in [0.15, 0.2) is 24.8 Å². The van der Waals surface area contributed by atoms with E-state index in [0.717, 1.165) is 6.08 Å². The SMILES string of the molecule is C=CC(=O)NNC(=O)C(=C)C. The maximum atomic E-state index is 10.7. The van der Waals surface area contributed by atoms with E-state index >= 15 is 0 Å². The van der Waals surface area contributed by atoms with Gasteiger partial charge in [-0.1, -0.05) is 13.2 Å². The first kappa shape index (κ1) is 9.42. The smallest absolute Gasteiger partial charge is 0.264 e. The van der Waals surface area contributed by atoms with Crippen molar-refractivity contribution in [3.63, 3.8) is 0 Å². The molecule has 2 N–H and O–H groups in total. The fraction of sp³-hybridized carbons (Fsp3) is 0.143. The van der Waals surface area contributed by atoms with Gasteiger partial charge in [0.15, 0.2) is 0 Å². The van der Waals surface area contributed by atoms with Gasteiger partial charge in [-0.15, -0.1) is 0 Å². The number of hydrazine groups is 1. The van der Waals surface area contributed by atoms with E-state index in [9.17, 15) is 9.59 Å². The van der Waals surface area contributed by atoms with Gasteiger partial charge in [0.1, 0.15) is 0 Å². The summed E-state index contributed by atoms with van der Waals surface area (Å²) >= 11 is 0. The van der Waals surface area contributed by atoms with Gasteiger partial charge in [0.2, 0.25) is 0 Å². The van der Waals surface area contributed by atoms with Crippen LogP contribution in [0.1, 0.15) is 6.92 Å². The predicted octanol–water partition coefficient (Wildman–Crippen LogP) is -0.104. The monoisotopic (exact) mass is 154 g/mol. The molecule has 0 rings (SSSR count). The molecule has 0 heterocycles. The molecule has 0 aliphatic rings. The fourth-order valence-electron chi connectivity index (χ4n) is 0.276. The zero-order valence-electron chi connectivity index (χ0n) is 6.31. The number of hydrogen-bond acceptors (Lipinski definition) is 2. The number of carbonyl (C=O) groups is 2. The lowest BCUT2D eigenvalue weighted by atomic mass is 10.3. The highest BCUT2D eigenvalue weighted by molar-refractivity contribution is 5.95. The second-order valence-corrected chi connectivity index (χ2v) is 1.93. The summed E-state index contributed by atoms with van der Waals surface area (Å²) in [6, 6.07) is 0. The lowest BCUT2D eigenvalue weighted by Gasteiger charge is -2.02. The van der Waals surface area contributed by atoms with Crippen LogP contribution in [-0.2, 0) is 9.59 Å². The molecule has 0 fully saturated rings. The van der Waals surface area contributed by atoms with Crippen LogP contribution in [0.5, 0.6) is 0 Å². The van der Waals surface area contributed by atoms with E-state index in [0.29, 0.717) is 5.57 Å². The van der Waals surface area contributed by atoms with E-state index in [1.807, 2.05) is 0 Å². The van der Waals surface area contributed by atoms with Crippen molar-refractivity contribution in [2.24, 2.45) is 0 Å². The van der Waals surface area contributed by atoms with Crippen molar-refractivity contribution in [2.45, 2.75) is 6.92 Å². The molecule has 0 saturated carbocycles. The second kappa shape index (κ2) is 4.27. The first-order chi connectivity index (χ1) is 5.07. The van der Waals surface area contributed by atoms with E-state index in [2.05, 4.69) is 24.0 Å². The van der Waals surface area contributed by atoms with Crippen molar-refractivity contribution in [1.29, 1.82) is 0 Å². The van der Waals surface area contributed by atoms with E-state index in [1.165, 1.54) is 6.92 Å². The Balaban J connectivity index is 3.71. The molecular formula is C7H10N2O2. The van der Waals surface area contributed by atoms with Crippen LogP contribution in [0.3, 0.4) is 0 Å². The number of carbonyl (C=O) groups excluding carboxylic acids is 2. The molecule has 0 aromatic heterocycles. The van der Waals surface area contributed by atoms with Gasteiger partial charge in [-0.25, -0.2) is 0 Å². The van der Waals surface area contributed by atoms with Crippen molar-refractivity contribution in [2.75, 3.05) is 0 Å². The number of nitrogens with one attached hydrogen (secondary N) is 2. The quantitative estimate of drug-likeness (QED) is 0.431. The summed E-state index contributed by atoms with van der Waals surface area (Å²) < 4.78 is 0. The zero-order valence-corrected chi connectivity index (χ0v) is 6.31. The molecule has 0 bridgehead atoms. The molecule has 0 aliphatic carbocycles. The Morgan fingerprint density at radius 3 is 2.27 bits per heavy atom. The molecule has 4 heteroatoms. The molecule has 2 amide bonds. The van der Waals surface area contributed by atoms with Gasteiger partial charge >= 0.3 is 0 Å². The summed E-state index contributed by atoms with van der Waals surface area (Å²) in [5.74, 6) is -0.875. The summed E-state index contributed by atoms with van der Waals surface area (Å²) in [7, 11) is 0. The highest BCUT2D eigenvalue weighted by Gasteiger charge is 2.00. The molecule has 0 aromatic rings. The van der Waals surface area contributed by atoms with Crippen LogP contribution in [0.4, 0.5) is 0 Å². The van der Waals surface area contributed by atoms with Crippen molar-refractivity contribution < 1.29 is 9.59 Å². The molecule has 4 nitrogen and oxygen atoms in total. The third-order valence-electron chi connectivity index (χ3n) is 0.872. The minimum Gasteiger partial charge on any atom is -0.268 e. The van der Waals surface area contributed by atoms with Crippen molar-refractivity contribution in [1.82, 2.24) is 10.9 Å². The van der Waals surface area contributed by atoms with Gasteiger partial charge in [-0.05, 0) is 13.0 Å². The predicted molar refractivity (Wildman–Crippen MR) is 41.3 cm³/mol. The Hall–Kier alpha value is -1.58. The summed E-state index contributed by atoms with van der Waals surface area (Å²) in [5, 5.41) is 0. The molecule has 11 heavy (non-hydrogen) atoms. The van der Waals surface area contributed by atoms with E-state index in [4.69, 9.17) is 0 Å².